The van der Waals surface area contributed by atoms with Crippen molar-refractivity contribution in [3.63, 3.8) is 0 Å². The molecule has 2 heterocycles. The van der Waals surface area contributed by atoms with Crippen molar-refractivity contribution in [2.45, 2.75) is 59.3 Å². The number of rotatable bonds is 11. The van der Waals surface area contributed by atoms with E-state index in [1.165, 1.54) is 26.3 Å². The normalized spacial score (nSPS) is 20.4. The Hall–Kier alpha value is -4.68. The maximum absolute atomic E-state index is 13.4. The van der Waals surface area contributed by atoms with E-state index in [0.717, 1.165) is 5.56 Å². The summed E-state index contributed by atoms with van der Waals surface area (Å²) in [6, 6.07) is 9.03. The number of hydrogen-bond acceptors (Lipinski definition) is 12. The van der Waals surface area contributed by atoms with Crippen LogP contribution in [0, 0.1) is 17.8 Å². The average Bonchev–Trinajstić information content (AvgIpc) is 3.03. The van der Waals surface area contributed by atoms with Crippen molar-refractivity contribution in [3.8, 4) is 11.5 Å². The maximum atomic E-state index is 13.4. The number of nitrogens with zero attached hydrogens (tertiary/aromatic N) is 1. The van der Waals surface area contributed by atoms with Crippen molar-refractivity contribution in [1.82, 2.24) is 10.3 Å². The highest BCUT2D eigenvalue weighted by Crippen LogP contribution is 2.30. The number of hydrogen-bond donors (Lipinski definition) is 1. The van der Waals surface area contributed by atoms with E-state index in [9.17, 15) is 24.0 Å². The number of methoxy groups -OCH3 is 1. The highest BCUT2D eigenvalue weighted by Gasteiger charge is 2.42. The number of amides is 1. The molecule has 238 valence electrons. The summed E-state index contributed by atoms with van der Waals surface area (Å²) in [7, 11) is 1.34. The van der Waals surface area contributed by atoms with Crippen molar-refractivity contribution < 1.29 is 52.4 Å². The predicted molar refractivity (Wildman–Crippen MR) is 153 cm³/mol. The van der Waals surface area contributed by atoms with Gasteiger partial charge in [-0.2, -0.15) is 0 Å². The van der Waals surface area contributed by atoms with Crippen LogP contribution < -0.4 is 14.8 Å². The molecule has 1 aromatic heterocycles. The van der Waals surface area contributed by atoms with Crippen LogP contribution in [0.2, 0.25) is 0 Å². The lowest BCUT2D eigenvalue weighted by Crippen LogP contribution is -2.47. The van der Waals surface area contributed by atoms with Gasteiger partial charge in [-0.15, -0.1) is 0 Å². The van der Waals surface area contributed by atoms with E-state index in [1.54, 1.807) is 39.8 Å². The highest BCUT2D eigenvalue weighted by atomic mass is 16.7. The summed E-state index contributed by atoms with van der Waals surface area (Å²) in [5.41, 5.74) is 0.487. The molecular weight excluding hydrogens is 576 g/mol. The van der Waals surface area contributed by atoms with Gasteiger partial charge in [0.2, 0.25) is 6.79 Å². The molecule has 4 atom stereocenters. The van der Waals surface area contributed by atoms with Crippen molar-refractivity contribution in [3.05, 3.63) is 53.9 Å². The summed E-state index contributed by atoms with van der Waals surface area (Å²) in [4.78, 5) is 68.5. The largest absolute Gasteiger partial charge is 0.493 e. The van der Waals surface area contributed by atoms with Crippen LogP contribution in [0.15, 0.2) is 42.6 Å². The van der Waals surface area contributed by atoms with Gasteiger partial charge in [0.1, 0.15) is 18.6 Å². The zero-order valence-corrected chi connectivity index (χ0v) is 25.6. The molecule has 1 aliphatic rings. The molecule has 1 N–H and O–H groups in total. The molecule has 0 spiro atoms. The van der Waals surface area contributed by atoms with Crippen molar-refractivity contribution in [2.75, 3.05) is 20.5 Å². The van der Waals surface area contributed by atoms with E-state index in [0.29, 0.717) is 0 Å². The number of carbonyl (C=O) groups excluding carboxylic acids is 5. The molecule has 0 saturated carbocycles. The first kappa shape index (κ1) is 33.8. The van der Waals surface area contributed by atoms with Gasteiger partial charge < -0.3 is 33.7 Å². The third-order valence-corrected chi connectivity index (χ3v) is 6.65. The molecule has 1 aromatic carbocycles. The number of cyclic esters (lactones) is 2. The summed E-state index contributed by atoms with van der Waals surface area (Å²) in [5, 5.41) is 2.46. The van der Waals surface area contributed by atoms with Gasteiger partial charge in [-0.3, -0.25) is 19.2 Å². The lowest BCUT2D eigenvalue weighted by atomic mass is 9.91. The van der Waals surface area contributed by atoms with Crippen LogP contribution in [0.4, 0.5) is 0 Å². The van der Waals surface area contributed by atoms with Gasteiger partial charge in [0.05, 0.1) is 18.9 Å². The number of carbonyl (C=O) groups is 5. The van der Waals surface area contributed by atoms with E-state index < -0.39 is 79.2 Å². The Bertz CT molecular complexity index is 1330. The van der Waals surface area contributed by atoms with Crippen LogP contribution in [0.1, 0.15) is 50.7 Å². The minimum Gasteiger partial charge on any atom is -0.493 e. The summed E-state index contributed by atoms with van der Waals surface area (Å²) in [5.74, 6) is -5.61. The fourth-order valence-electron chi connectivity index (χ4n) is 4.18. The molecule has 1 aliphatic heterocycles. The van der Waals surface area contributed by atoms with E-state index in [4.69, 9.17) is 28.4 Å². The number of ether oxygens (including phenoxy) is 6. The molecule has 1 amide bonds. The first-order chi connectivity index (χ1) is 20.9. The summed E-state index contributed by atoms with van der Waals surface area (Å²) >= 11 is 0. The Morgan fingerprint density at radius 1 is 1.00 bits per heavy atom. The van der Waals surface area contributed by atoms with Gasteiger partial charge >= 0.3 is 23.9 Å². The van der Waals surface area contributed by atoms with Crippen LogP contribution in [0.25, 0.3) is 0 Å². The van der Waals surface area contributed by atoms with E-state index >= 15 is 0 Å². The van der Waals surface area contributed by atoms with Crippen LogP contribution in [0.3, 0.4) is 0 Å². The molecule has 0 bridgehead atoms. The molecule has 0 radical (unpaired) electrons. The first-order valence-electron chi connectivity index (χ1n) is 14.2. The standard InChI is InChI=1S/C31H38N2O11/c1-17(2)28(35)42-16-41-26-23(39-6)12-13-32-24(26)27(34)33-22-15-40-30(37)21(14-20-10-8-7-9-11-20)25(19(5)43-31(22)38)44-29(36)18(3)4/h7-13,17-19,21-22,25H,14-16H2,1-6H3,(H,33,34)/t19-,21?,22-,25-/m0/s1. The predicted octanol–water partition coefficient (Wildman–Crippen LogP) is 2.64. The molecule has 13 nitrogen and oxygen atoms in total. The number of benzene rings is 1. The molecule has 0 aliphatic carbocycles. The Morgan fingerprint density at radius 2 is 1.68 bits per heavy atom. The number of pyridine rings is 1. The number of nitrogens with one attached hydrogen (secondary N) is 1. The average molecular weight is 615 g/mol. The molecule has 1 fully saturated rings. The molecule has 3 rings (SSSR count). The topological polar surface area (TPSA) is 166 Å². The quantitative estimate of drug-likeness (QED) is 0.224. The second kappa shape index (κ2) is 15.7. The second-order valence-electron chi connectivity index (χ2n) is 10.7. The Labute approximate surface area is 255 Å². The van der Waals surface area contributed by atoms with Gasteiger partial charge in [0.25, 0.3) is 5.91 Å². The minimum atomic E-state index is -1.45. The first-order valence-corrected chi connectivity index (χ1v) is 14.2. The summed E-state index contributed by atoms with van der Waals surface area (Å²) < 4.78 is 32.6. The zero-order chi connectivity index (χ0) is 32.4. The van der Waals surface area contributed by atoms with Gasteiger partial charge in [-0.05, 0) is 18.9 Å². The Kier molecular flexibility index (Phi) is 12.1. The van der Waals surface area contributed by atoms with Crippen LogP contribution in [-0.2, 0) is 44.5 Å². The van der Waals surface area contributed by atoms with Gasteiger partial charge in [0, 0.05) is 12.3 Å². The summed E-state index contributed by atoms with van der Waals surface area (Å²) in [6.07, 6.45) is -0.811. The van der Waals surface area contributed by atoms with Crippen LogP contribution in [0.5, 0.6) is 11.5 Å². The lowest BCUT2D eigenvalue weighted by molar-refractivity contribution is -0.176. The fraction of sp³-hybridized carbons (Fsp3) is 0.484. The zero-order valence-electron chi connectivity index (χ0n) is 25.6. The van der Waals surface area contributed by atoms with Gasteiger partial charge in [0.15, 0.2) is 29.3 Å². The lowest BCUT2D eigenvalue weighted by Gasteiger charge is -2.29. The molecule has 1 saturated heterocycles. The second-order valence-corrected chi connectivity index (χ2v) is 10.7. The third-order valence-electron chi connectivity index (χ3n) is 6.65. The van der Waals surface area contributed by atoms with Gasteiger partial charge in [-0.25, -0.2) is 9.78 Å². The molecular formula is C31H38N2O11. The van der Waals surface area contributed by atoms with Crippen LogP contribution in [-0.4, -0.2) is 73.5 Å². The van der Waals surface area contributed by atoms with Crippen molar-refractivity contribution >= 4 is 29.8 Å². The minimum absolute atomic E-state index is 0.112. The third kappa shape index (κ3) is 8.91. The van der Waals surface area contributed by atoms with Crippen LogP contribution >= 0.6 is 0 Å². The fourth-order valence-corrected chi connectivity index (χ4v) is 4.18. The smallest absolute Gasteiger partial charge is 0.332 e. The molecule has 13 heteroatoms. The van der Waals surface area contributed by atoms with E-state index in [2.05, 4.69) is 10.3 Å². The maximum Gasteiger partial charge on any atom is 0.332 e. The monoisotopic (exact) mass is 614 g/mol. The molecule has 2 aromatic rings. The molecule has 44 heavy (non-hydrogen) atoms. The van der Waals surface area contributed by atoms with Crippen molar-refractivity contribution in [1.29, 1.82) is 0 Å². The number of esters is 4. The Morgan fingerprint density at radius 3 is 2.32 bits per heavy atom. The van der Waals surface area contributed by atoms with E-state index in [-0.39, 0.29) is 23.6 Å². The molecule has 1 unspecified atom stereocenters. The number of aromatic nitrogens is 1. The SMILES string of the molecule is COc1ccnc(C(=O)N[C@H]2COC(=O)C(Cc3ccccc3)[C@@H](OC(=O)C(C)C)[C@H](C)OC2=O)c1OCOC(=O)C(C)C. The summed E-state index contributed by atoms with van der Waals surface area (Å²) in [6.45, 7) is 6.98. The van der Waals surface area contributed by atoms with E-state index in [1.807, 2.05) is 18.2 Å². The van der Waals surface area contributed by atoms with Crippen molar-refractivity contribution in [2.24, 2.45) is 17.8 Å². The highest BCUT2D eigenvalue weighted by molar-refractivity contribution is 5.98. The van der Waals surface area contributed by atoms with Gasteiger partial charge in [-0.1, -0.05) is 58.0 Å². The Balaban J connectivity index is 1.85.